The molecule has 2 N–H and O–H groups in total. The van der Waals surface area contributed by atoms with Crippen LogP contribution < -0.4 is 0 Å². The van der Waals surface area contributed by atoms with E-state index in [0.29, 0.717) is 12.8 Å². The number of aliphatic hydroxyl groups is 1. The van der Waals surface area contributed by atoms with E-state index in [9.17, 15) is 14.7 Å². The molecular formula is C20H30O4. The Kier molecular flexibility index (Phi) is 10.0. The highest BCUT2D eigenvalue weighted by Gasteiger charge is 2.21. The van der Waals surface area contributed by atoms with Crippen LogP contribution in [0.15, 0.2) is 36.0 Å². The summed E-state index contributed by atoms with van der Waals surface area (Å²) in [5.74, 6) is -0.647. The normalized spacial score (nSPS) is 20.3. The second kappa shape index (κ2) is 11.8. The summed E-state index contributed by atoms with van der Waals surface area (Å²) >= 11 is 0. The van der Waals surface area contributed by atoms with Crippen molar-refractivity contribution in [3.63, 3.8) is 0 Å². The van der Waals surface area contributed by atoms with Crippen molar-refractivity contribution >= 4 is 11.8 Å². The van der Waals surface area contributed by atoms with Gasteiger partial charge in [-0.15, -0.1) is 0 Å². The zero-order chi connectivity index (χ0) is 17.8. The number of carboxylic acids is 1. The van der Waals surface area contributed by atoms with Crippen molar-refractivity contribution < 1.29 is 19.8 Å². The Morgan fingerprint density at radius 3 is 2.79 bits per heavy atom. The van der Waals surface area contributed by atoms with Gasteiger partial charge in [0.2, 0.25) is 0 Å². The largest absolute Gasteiger partial charge is 0.481 e. The van der Waals surface area contributed by atoms with E-state index in [4.69, 9.17) is 5.11 Å². The molecule has 0 spiro atoms. The summed E-state index contributed by atoms with van der Waals surface area (Å²) in [6.07, 6.45) is 16.0. The van der Waals surface area contributed by atoms with Gasteiger partial charge in [0.1, 0.15) is 0 Å². The number of hydrogen-bond donors (Lipinski definition) is 2. The van der Waals surface area contributed by atoms with Gasteiger partial charge in [-0.2, -0.15) is 0 Å². The predicted octanol–water partition coefficient (Wildman–Crippen LogP) is 4.20. The van der Waals surface area contributed by atoms with E-state index >= 15 is 0 Å². The maximum Gasteiger partial charge on any atom is 0.303 e. The highest BCUT2D eigenvalue weighted by molar-refractivity contribution is 6.07. The van der Waals surface area contributed by atoms with Gasteiger partial charge in [0.15, 0.2) is 5.78 Å². The lowest BCUT2D eigenvalue weighted by Gasteiger charge is -2.11. The molecule has 1 aliphatic carbocycles. The molecule has 0 amide bonds. The highest BCUT2D eigenvalue weighted by atomic mass is 16.4. The van der Waals surface area contributed by atoms with Crippen LogP contribution in [0.2, 0.25) is 0 Å². The molecule has 0 saturated carbocycles. The van der Waals surface area contributed by atoms with Crippen molar-refractivity contribution in [3.05, 3.63) is 36.0 Å². The number of hydrogen-bond acceptors (Lipinski definition) is 3. The number of aliphatic carboxylic acids is 1. The zero-order valence-corrected chi connectivity index (χ0v) is 14.6. The van der Waals surface area contributed by atoms with Gasteiger partial charge < -0.3 is 10.2 Å². The molecule has 0 saturated heterocycles. The van der Waals surface area contributed by atoms with E-state index in [1.54, 1.807) is 6.08 Å². The minimum absolute atomic E-state index is 0.0417. The van der Waals surface area contributed by atoms with E-state index in [2.05, 4.69) is 6.92 Å². The highest BCUT2D eigenvalue weighted by Crippen LogP contribution is 2.26. The van der Waals surface area contributed by atoms with Crippen molar-refractivity contribution in [2.75, 3.05) is 0 Å². The zero-order valence-electron chi connectivity index (χ0n) is 14.6. The van der Waals surface area contributed by atoms with Crippen molar-refractivity contribution in [1.29, 1.82) is 0 Å². The average Bonchev–Trinajstić information content (AvgIpc) is 2.89. The van der Waals surface area contributed by atoms with Crippen LogP contribution in [0.1, 0.15) is 64.7 Å². The van der Waals surface area contributed by atoms with Crippen LogP contribution in [0.4, 0.5) is 0 Å². The lowest BCUT2D eigenvalue weighted by atomic mass is 9.95. The first kappa shape index (κ1) is 20.4. The quantitative estimate of drug-likeness (QED) is 0.319. The molecule has 2 atom stereocenters. The molecule has 1 rings (SSSR count). The Morgan fingerprint density at radius 2 is 2.08 bits per heavy atom. The molecule has 0 aliphatic heterocycles. The van der Waals surface area contributed by atoms with Crippen molar-refractivity contribution in [2.24, 2.45) is 5.92 Å². The van der Waals surface area contributed by atoms with Crippen LogP contribution in [0.25, 0.3) is 0 Å². The Hall–Kier alpha value is -1.68. The molecule has 0 bridgehead atoms. The first-order chi connectivity index (χ1) is 11.5. The van der Waals surface area contributed by atoms with Crippen LogP contribution in [-0.2, 0) is 9.59 Å². The second-order valence-electron chi connectivity index (χ2n) is 6.37. The molecule has 1 aliphatic rings. The molecule has 24 heavy (non-hydrogen) atoms. The van der Waals surface area contributed by atoms with E-state index in [0.717, 1.165) is 44.1 Å². The van der Waals surface area contributed by atoms with Gasteiger partial charge >= 0.3 is 5.97 Å². The third-order valence-electron chi connectivity index (χ3n) is 4.23. The third kappa shape index (κ3) is 8.25. The van der Waals surface area contributed by atoms with Gasteiger partial charge in [-0.1, -0.05) is 50.5 Å². The monoisotopic (exact) mass is 334 g/mol. The van der Waals surface area contributed by atoms with Crippen molar-refractivity contribution in [1.82, 2.24) is 0 Å². The first-order valence-electron chi connectivity index (χ1n) is 9.02. The molecule has 0 fully saturated rings. The summed E-state index contributed by atoms with van der Waals surface area (Å²) in [5.41, 5.74) is 0.778. The van der Waals surface area contributed by atoms with Gasteiger partial charge in [0.25, 0.3) is 0 Å². The van der Waals surface area contributed by atoms with E-state index < -0.39 is 5.97 Å². The molecule has 134 valence electrons. The Balaban J connectivity index is 2.39. The summed E-state index contributed by atoms with van der Waals surface area (Å²) in [6, 6.07) is 0. The molecule has 0 heterocycles. The van der Waals surface area contributed by atoms with E-state index in [-0.39, 0.29) is 24.2 Å². The molecule has 0 aromatic heterocycles. The number of carbonyl (C=O) groups is 2. The lowest BCUT2D eigenvalue weighted by Crippen LogP contribution is -2.08. The molecule has 1 unspecified atom stereocenters. The smallest absolute Gasteiger partial charge is 0.303 e. The van der Waals surface area contributed by atoms with Crippen LogP contribution in [-0.4, -0.2) is 28.1 Å². The van der Waals surface area contributed by atoms with Gasteiger partial charge in [-0.25, -0.2) is 0 Å². The Labute approximate surface area is 145 Å². The maximum absolute atomic E-state index is 11.9. The van der Waals surface area contributed by atoms with Gasteiger partial charge in [0, 0.05) is 17.9 Å². The minimum atomic E-state index is -0.768. The topological polar surface area (TPSA) is 74.6 Å². The van der Waals surface area contributed by atoms with E-state index in [1.807, 2.05) is 24.3 Å². The molecular weight excluding hydrogens is 304 g/mol. The van der Waals surface area contributed by atoms with E-state index in [1.165, 1.54) is 0 Å². The fourth-order valence-corrected chi connectivity index (χ4v) is 2.79. The summed E-state index contributed by atoms with van der Waals surface area (Å²) in [4.78, 5) is 22.4. The number of carboxylic acid groups (broad SMARTS) is 1. The van der Waals surface area contributed by atoms with Crippen LogP contribution in [0, 0.1) is 5.92 Å². The van der Waals surface area contributed by atoms with Crippen LogP contribution in [0.5, 0.6) is 0 Å². The number of ketones is 1. The van der Waals surface area contributed by atoms with Crippen LogP contribution in [0.3, 0.4) is 0 Å². The molecule has 4 heteroatoms. The second-order valence-corrected chi connectivity index (χ2v) is 6.37. The molecule has 0 radical (unpaired) electrons. The summed E-state index contributed by atoms with van der Waals surface area (Å²) in [5, 5.41) is 18.6. The Morgan fingerprint density at radius 1 is 1.29 bits per heavy atom. The summed E-state index contributed by atoms with van der Waals surface area (Å²) in [7, 11) is 0. The summed E-state index contributed by atoms with van der Waals surface area (Å²) in [6.45, 7) is 2.14. The number of rotatable bonds is 12. The molecule has 0 aromatic carbocycles. The maximum atomic E-state index is 11.9. The average molecular weight is 334 g/mol. The molecule has 4 nitrogen and oxygen atoms in total. The van der Waals surface area contributed by atoms with Gasteiger partial charge in [0.05, 0.1) is 6.10 Å². The number of carbonyl (C=O) groups excluding carboxylic acids is 1. The number of unbranched alkanes of at least 4 members (excludes halogenated alkanes) is 3. The Bertz CT molecular complexity index is 488. The molecule has 0 aromatic rings. The van der Waals surface area contributed by atoms with Crippen molar-refractivity contribution in [3.8, 4) is 0 Å². The fourth-order valence-electron chi connectivity index (χ4n) is 2.79. The van der Waals surface area contributed by atoms with Gasteiger partial charge in [-0.3, -0.25) is 9.59 Å². The first-order valence-corrected chi connectivity index (χ1v) is 9.02. The number of allylic oxidation sites excluding steroid dienone is 5. The van der Waals surface area contributed by atoms with Crippen LogP contribution >= 0.6 is 0 Å². The summed E-state index contributed by atoms with van der Waals surface area (Å²) < 4.78 is 0. The minimum Gasteiger partial charge on any atom is -0.481 e. The standard InChI is InChI=1S/C20H30O4/c1-2-3-6-10-17(21)13-14-18-16(12-15-19(18)22)9-7-4-5-8-11-20(23)24/h4,7,12,14-17,21H,2-3,5-6,8-11,13H2,1H3,(H,23,24)/b7-4-,18-14+/t16-,17?/m0/s1. The lowest BCUT2D eigenvalue weighted by molar-refractivity contribution is -0.137. The number of aliphatic hydroxyl groups excluding tert-OH is 1. The predicted molar refractivity (Wildman–Crippen MR) is 95.7 cm³/mol. The SMILES string of the molecule is CCCCCC(O)C/C=C1/C(=O)C=C[C@@H]1C/C=C\CCCC(=O)O. The van der Waals surface area contributed by atoms with Gasteiger partial charge in [-0.05, 0) is 38.2 Å². The van der Waals surface area contributed by atoms with Crippen molar-refractivity contribution in [2.45, 2.75) is 70.8 Å². The third-order valence-corrected chi connectivity index (χ3v) is 4.23. The fraction of sp³-hybridized carbons (Fsp3) is 0.600.